The zero-order valence-electron chi connectivity index (χ0n) is 9.99. The summed E-state index contributed by atoms with van der Waals surface area (Å²) in [6.45, 7) is 0. The lowest BCUT2D eigenvalue weighted by Gasteiger charge is -2.12. The second-order valence-electron chi connectivity index (χ2n) is 3.95. The minimum absolute atomic E-state index is 0.516. The Morgan fingerprint density at radius 1 is 1.26 bits per heavy atom. The molecular formula is C13H11Br3O2S. The molecule has 0 amide bonds. The maximum absolute atomic E-state index is 10.3. The van der Waals surface area contributed by atoms with Crippen molar-refractivity contribution in [3.63, 3.8) is 0 Å². The SMILES string of the molecule is COc1ccc(Br)cc1CC(O)c1cc(Br)c(Br)s1. The monoisotopic (exact) mass is 468 g/mol. The van der Waals surface area contributed by atoms with Crippen molar-refractivity contribution in [3.8, 4) is 5.75 Å². The minimum atomic E-state index is -0.546. The van der Waals surface area contributed by atoms with Gasteiger partial charge in [0.2, 0.25) is 0 Å². The molecule has 0 saturated carbocycles. The van der Waals surface area contributed by atoms with Crippen LogP contribution in [0.5, 0.6) is 5.75 Å². The molecule has 19 heavy (non-hydrogen) atoms. The van der Waals surface area contributed by atoms with Gasteiger partial charge in [-0.3, -0.25) is 0 Å². The molecule has 0 bridgehead atoms. The van der Waals surface area contributed by atoms with Crippen LogP contribution in [0.25, 0.3) is 0 Å². The quantitative estimate of drug-likeness (QED) is 0.655. The van der Waals surface area contributed by atoms with Gasteiger partial charge in [-0.2, -0.15) is 0 Å². The van der Waals surface area contributed by atoms with Gasteiger partial charge in [0.25, 0.3) is 0 Å². The van der Waals surface area contributed by atoms with Crippen LogP contribution in [0.4, 0.5) is 0 Å². The smallest absolute Gasteiger partial charge is 0.122 e. The highest BCUT2D eigenvalue weighted by atomic mass is 79.9. The first-order valence-electron chi connectivity index (χ1n) is 5.46. The van der Waals surface area contributed by atoms with Crippen molar-refractivity contribution < 1.29 is 9.84 Å². The number of rotatable bonds is 4. The van der Waals surface area contributed by atoms with Crippen LogP contribution in [0.3, 0.4) is 0 Å². The average Bonchev–Trinajstić information content (AvgIpc) is 2.70. The molecular weight excluding hydrogens is 460 g/mol. The number of aliphatic hydroxyl groups is 1. The minimum Gasteiger partial charge on any atom is -0.496 e. The summed E-state index contributed by atoms with van der Waals surface area (Å²) in [6.07, 6.45) is -0.0297. The highest BCUT2D eigenvalue weighted by Crippen LogP contribution is 2.37. The fourth-order valence-electron chi connectivity index (χ4n) is 1.74. The highest BCUT2D eigenvalue weighted by molar-refractivity contribution is 9.13. The molecule has 0 aliphatic heterocycles. The molecule has 0 saturated heterocycles. The second-order valence-corrected chi connectivity index (χ2v) is 8.12. The van der Waals surface area contributed by atoms with Gasteiger partial charge in [0.15, 0.2) is 0 Å². The fraction of sp³-hybridized carbons (Fsp3) is 0.231. The van der Waals surface area contributed by atoms with E-state index in [-0.39, 0.29) is 0 Å². The van der Waals surface area contributed by atoms with Crippen molar-refractivity contribution in [3.05, 3.63) is 47.4 Å². The topological polar surface area (TPSA) is 29.5 Å². The first-order valence-corrected chi connectivity index (χ1v) is 8.66. The van der Waals surface area contributed by atoms with Crippen LogP contribution in [0.2, 0.25) is 0 Å². The number of benzene rings is 1. The maximum Gasteiger partial charge on any atom is 0.122 e. The Bertz CT molecular complexity index is 564. The molecule has 1 atom stereocenters. The zero-order valence-corrected chi connectivity index (χ0v) is 15.6. The Kier molecular flexibility index (Phi) is 5.48. The van der Waals surface area contributed by atoms with Crippen molar-refractivity contribution >= 4 is 59.1 Å². The Balaban J connectivity index is 2.23. The number of thiophene rings is 1. The molecule has 1 heterocycles. The summed E-state index contributed by atoms with van der Waals surface area (Å²) in [6, 6.07) is 7.73. The molecule has 2 aromatic rings. The summed E-state index contributed by atoms with van der Waals surface area (Å²) in [5, 5.41) is 10.3. The number of methoxy groups -OCH3 is 1. The van der Waals surface area contributed by atoms with Gasteiger partial charge in [-0.15, -0.1) is 11.3 Å². The van der Waals surface area contributed by atoms with E-state index in [1.54, 1.807) is 7.11 Å². The van der Waals surface area contributed by atoms with E-state index in [0.29, 0.717) is 6.42 Å². The number of aliphatic hydroxyl groups excluding tert-OH is 1. The number of ether oxygens (including phenoxy) is 1. The van der Waals surface area contributed by atoms with Gasteiger partial charge in [0, 0.05) is 20.2 Å². The van der Waals surface area contributed by atoms with E-state index in [1.807, 2.05) is 24.3 Å². The molecule has 1 unspecified atom stereocenters. The maximum atomic E-state index is 10.3. The third-order valence-electron chi connectivity index (χ3n) is 2.65. The van der Waals surface area contributed by atoms with Crippen LogP contribution >= 0.6 is 59.1 Å². The fourth-order valence-corrected chi connectivity index (χ4v) is 4.23. The third kappa shape index (κ3) is 3.82. The number of halogens is 3. The number of hydrogen-bond donors (Lipinski definition) is 1. The van der Waals surface area contributed by atoms with Crippen LogP contribution in [0.1, 0.15) is 16.5 Å². The average molecular weight is 471 g/mol. The van der Waals surface area contributed by atoms with Gasteiger partial charge in [0.1, 0.15) is 5.75 Å². The predicted molar refractivity (Wildman–Crippen MR) is 89.1 cm³/mol. The first-order chi connectivity index (χ1) is 9.01. The second kappa shape index (κ2) is 6.72. The van der Waals surface area contributed by atoms with Crippen LogP contribution in [-0.2, 0) is 6.42 Å². The number of hydrogen-bond acceptors (Lipinski definition) is 3. The normalized spacial score (nSPS) is 12.5. The lowest BCUT2D eigenvalue weighted by molar-refractivity contribution is 0.181. The predicted octanol–water partition coefficient (Wildman–Crippen LogP) is 5.32. The van der Waals surface area contributed by atoms with E-state index in [2.05, 4.69) is 47.8 Å². The lowest BCUT2D eigenvalue weighted by atomic mass is 10.1. The van der Waals surface area contributed by atoms with Crippen LogP contribution in [0.15, 0.2) is 37.0 Å². The van der Waals surface area contributed by atoms with Crippen molar-refractivity contribution in [2.45, 2.75) is 12.5 Å². The molecule has 0 radical (unpaired) electrons. The van der Waals surface area contributed by atoms with E-state index in [9.17, 15) is 5.11 Å². The van der Waals surface area contributed by atoms with E-state index < -0.39 is 6.10 Å². The van der Waals surface area contributed by atoms with Gasteiger partial charge in [-0.1, -0.05) is 15.9 Å². The first kappa shape index (κ1) is 15.5. The van der Waals surface area contributed by atoms with Crippen LogP contribution in [-0.4, -0.2) is 12.2 Å². The zero-order chi connectivity index (χ0) is 14.0. The Labute approximate surface area is 141 Å². The Morgan fingerprint density at radius 3 is 2.58 bits per heavy atom. The van der Waals surface area contributed by atoms with E-state index >= 15 is 0 Å². The molecule has 2 nitrogen and oxygen atoms in total. The summed E-state index contributed by atoms with van der Waals surface area (Å²) in [4.78, 5) is 0.917. The molecule has 1 N–H and O–H groups in total. The molecule has 1 aromatic heterocycles. The summed E-state index contributed by atoms with van der Waals surface area (Å²) >= 11 is 11.8. The third-order valence-corrected chi connectivity index (χ3v) is 6.50. The lowest BCUT2D eigenvalue weighted by Crippen LogP contribution is -2.01. The van der Waals surface area contributed by atoms with Gasteiger partial charge in [-0.25, -0.2) is 0 Å². The van der Waals surface area contributed by atoms with Gasteiger partial charge >= 0.3 is 0 Å². The van der Waals surface area contributed by atoms with Crippen molar-refractivity contribution in [1.29, 1.82) is 0 Å². The van der Waals surface area contributed by atoms with Gasteiger partial charge < -0.3 is 9.84 Å². The summed E-state index contributed by atoms with van der Waals surface area (Å²) in [5.74, 6) is 0.789. The highest BCUT2D eigenvalue weighted by Gasteiger charge is 2.16. The molecule has 0 fully saturated rings. The molecule has 0 aliphatic rings. The van der Waals surface area contributed by atoms with Gasteiger partial charge in [0.05, 0.1) is 17.0 Å². The Morgan fingerprint density at radius 2 is 2.00 bits per heavy atom. The van der Waals surface area contributed by atoms with Crippen molar-refractivity contribution in [2.75, 3.05) is 7.11 Å². The van der Waals surface area contributed by atoms with Crippen LogP contribution < -0.4 is 4.74 Å². The molecule has 2 rings (SSSR count). The Hall–Kier alpha value is 0.120. The summed E-state index contributed by atoms with van der Waals surface area (Å²) in [5.41, 5.74) is 0.977. The molecule has 0 spiro atoms. The van der Waals surface area contributed by atoms with Crippen molar-refractivity contribution in [2.24, 2.45) is 0 Å². The van der Waals surface area contributed by atoms with Gasteiger partial charge in [-0.05, 0) is 61.7 Å². The largest absolute Gasteiger partial charge is 0.496 e. The van der Waals surface area contributed by atoms with Crippen molar-refractivity contribution in [1.82, 2.24) is 0 Å². The van der Waals surface area contributed by atoms with E-state index in [0.717, 1.165) is 28.9 Å². The molecule has 0 aliphatic carbocycles. The molecule has 102 valence electrons. The van der Waals surface area contributed by atoms with E-state index in [4.69, 9.17) is 4.74 Å². The van der Waals surface area contributed by atoms with E-state index in [1.165, 1.54) is 11.3 Å². The van der Waals surface area contributed by atoms with Crippen LogP contribution in [0, 0.1) is 0 Å². The molecule has 6 heteroatoms. The summed E-state index contributed by atoms with van der Waals surface area (Å²) in [7, 11) is 1.64. The summed E-state index contributed by atoms with van der Waals surface area (Å²) < 4.78 is 8.25. The molecule has 1 aromatic carbocycles. The standard InChI is InChI=1S/C13H11Br3O2S/c1-18-11-3-2-8(14)4-7(11)5-10(17)12-6-9(15)13(16)19-12/h2-4,6,10,17H,5H2,1H3.